The maximum Gasteiger partial charge on any atom is 0.416 e. The lowest BCUT2D eigenvalue weighted by Gasteiger charge is -2.25. The van der Waals surface area contributed by atoms with Crippen molar-refractivity contribution < 1.29 is 19.4 Å². The SMILES string of the molecule is CC/C(=C\CN(C(=O)OC(C)(C)C)c1ncsc1I)C(=O)O. The number of aromatic nitrogens is 1. The molecule has 0 spiro atoms. The Bertz CT molecular complexity index is 578. The first kappa shape index (κ1) is 18.9. The first-order valence-electron chi connectivity index (χ1n) is 6.67. The second kappa shape index (κ2) is 7.91. The summed E-state index contributed by atoms with van der Waals surface area (Å²) in [5.41, 5.74) is 1.25. The summed E-state index contributed by atoms with van der Waals surface area (Å²) < 4.78 is 6.21. The molecular weight excluding hydrogens is 419 g/mol. The molecule has 122 valence electrons. The summed E-state index contributed by atoms with van der Waals surface area (Å²) in [5.74, 6) is -0.503. The fraction of sp³-hybridized carbons (Fsp3) is 0.500. The largest absolute Gasteiger partial charge is 0.478 e. The van der Waals surface area contributed by atoms with Gasteiger partial charge in [-0.25, -0.2) is 14.6 Å². The number of ether oxygens (including phenoxy) is 1. The zero-order chi connectivity index (χ0) is 16.9. The van der Waals surface area contributed by atoms with Crippen LogP contribution in [-0.2, 0) is 9.53 Å². The topological polar surface area (TPSA) is 79.7 Å². The fourth-order valence-corrected chi connectivity index (χ4v) is 2.84. The third kappa shape index (κ3) is 5.56. The molecule has 6 nitrogen and oxygen atoms in total. The number of amides is 1. The number of thiazole rings is 1. The number of carbonyl (C=O) groups excluding carboxylic acids is 1. The summed E-state index contributed by atoms with van der Waals surface area (Å²) in [4.78, 5) is 29.0. The van der Waals surface area contributed by atoms with Crippen LogP contribution in [0.2, 0.25) is 0 Å². The Morgan fingerprint density at radius 2 is 2.14 bits per heavy atom. The van der Waals surface area contributed by atoms with Gasteiger partial charge in [-0.1, -0.05) is 13.0 Å². The number of rotatable bonds is 5. The highest BCUT2D eigenvalue weighted by atomic mass is 127. The highest BCUT2D eigenvalue weighted by Crippen LogP contribution is 2.26. The van der Waals surface area contributed by atoms with E-state index in [0.717, 1.165) is 2.88 Å². The first-order chi connectivity index (χ1) is 10.2. The molecule has 0 aliphatic rings. The summed E-state index contributed by atoms with van der Waals surface area (Å²) in [5, 5.41) is 9.08. The Morgan fingerprint density at radius 1 is 1.50 bits per heavy atom. The van der Waals surface area contributed by atoms with Crippen LogP contribution in [0.4, 0.5) is 10.6 Å². The van der Waals surface area contributed by atoms with Crippen LogP contribution in [0.15, 0.2) is 17.2 Å². The molecule has 1 amide bonds. The predicted molar refractivity (Wildman–Crippen MR) is 94.4 cm³/mol. The van der Waals surface area contributed by atoms with Crippen LogP contribution < -0.4 is 4.90 Å². The van der Waals surface area contributed by atoms with Gasteiger partial charge in [0, 0.05) is 12.1 Å². The lowest BCUT2D eigenvalue weighted by molar-refractivity contribution is -0.132. The minimum atomic E-state index is -0.986. The number of anilines is 1. The molecule has 0 aliphatic carbocycles. The quantitative estimate of drug-likeness (QED) is 0.557. The van der Waals surface area contributed by atoms with Crippen molar-refractivity contribution in [2.75, 3.05) is 11.4 Å². The van der Waals surface area contributed by atoms with Crippen molar-refractivity contribution in [3.63, 3.8) is 0 Å². The zero-order valence-electron chi connectivity index (χ0n) is 12.9. The Hall–Kier alpha value is -1.16. The van der Waals surface area contributed by atoms with E-state index in [0.29, 0.717) is 12.2 Å². The van der Waals surface area contributed by atoms with E-state index in [2.05, 4.69) is 27.6 Å². The molecule has 0 bridgehead atoms. The molecule has 22 heavy (non-hydrogen) atoms. The normalized spacial score (nSPS) is 12.1. The molecule has 1 rings (SSSR count). The van der Waals surface area contributed by atoms with Gasteiger partial charge < -0.3 is 9.84 Å². The van der Waals surface area contributed by atoms with Crippen LogP contribution in [0.3, 0.4) is 0 Å². The van der Waals surface area contributed by atoms with Crippen molar-refractivity contribution in [1.82, 2.24) is 4.98 Å². The number of carboxylic acids is 1. The average molecular weight is 438 g/mol. The third-order valence-electron chi connectivity index (χ3n) is 2.55. The zero-order valence-corrected chi connectivity index (χ0v) is 15.9. The van der Waals surface area contributed by atoms with E-state index in [1.54, 1.807) is 33.2 Å². The Balaban J connectivity index is 3.05. The Morgan fingerprint density at radius 3 is 2.55 bits per heavy atom. The van der Waals surface area contributed by atoms with Crippen molar-refractivity contribution in [3.05, 3.63) is 20.0 Å². The second-order valence-electron chi connectivity index (χ2n) is 5.43. The van der Waals surface area contributed by atoms with E-state index in [1.165, 1.54) is 22.3 Å². The standard InChI is InChI=1S/C14H19IN2O4S/c1-5-9(12(18)19)6-7-17(11-10(15)22-8-16-11)13(20)21-14(2,3)4/h6,8H,5,7H2,1-4H3,(H,18,19)/b9-6+. The van der Waals surface area contributed by atoms with E-state index in [-0.39, 0.29) is 12.1 Å². The van der Waals surface area contributed by atoms with E-state index in [1.807, 2.05) is 0 Å². The molecule has 0 aliphatic heterocycles. The summed E-state index contributed by atoms with van der Waals surface area (Å²) in [6, 6.07) is 0. The average Bonchev–Trinajstić information content (AvgIpc) is 2.78. The van der Waals surface area contributed by atoms with Crippen molar-refractivity contribution in [1.29, 1.82) is 0 Å². The van der Waals surface area contributed by atoms with Crippen LogP contribution in [0.5, 0.6) is 0 Å². The molecule has 0 aromatic carbocycles. The van der Waals surface area contributed by atoms with Gasteiger partial charge in [-0.2, -0.15) is 0 Å². The highest BCUT2D eigenvalue weighted by molar-refractivity contribution is 14.1. The molecule has 1 heterocycles. The van der Waals surface area contributed by atoms with Crippen molar-refractivity contribution in [2.45, 2.75) is 39.7 Å². The van der Waals surface area contributed by atoms with Crippen molar-refractivity contribution in [3.8, 4) is 0 Å². The summed E-state index contributed by atoms with van der Waals surface area (Å²) >= 11 is 3.49. The molecule has 0 saturated heterocycles. The molecule has 0 unspecified atom stereocenters. The fourth-order valence-electron chi connectivity index (χ4n) is 1.55. The number of aliphatic carboxylic acids is 1. The second-order valence-corrected chi connectivity index (χ2v) is 8.09. The van der Waals surface area contributed by atoms with Gasteiger partial charge in [0.25, 0.3) is 0 Å². The lowest BCUT2D eigenvalue weighted by Crippen LogP contribution is -2.37. The van der Waals surface area contributed by atoms with E-state index >= 15 is 0 Å². The number of carbonyl (C=O) groups is 2. The third-order valence-corrected chi connectivity index (χ3v) is 4.40. The molecule has 1 aromatic rings. The minimum Gasteiger partial charge on any atom is -0.478 e. The number of hydrogen-bond acceptors (Lipinski definition) is 5. The number of carboxylic acid groups (broad SMARTS) is 1. The van der Waals surface area contributed by atoms with Gasteiger partial charge in [0.05, 0.1) is 5.51 Å². The number of hydrogen-bond donors (Lipinski definition) is 1. The molecule has 1 aromatic heterocycles. The van der Waals surface area contributed by atoms with Crippen LogP contribution in [0.25, 0.3) is 0 Å². The minimum absolute atomic E-state index is 0.101. The number of halogens is 1. The maximum absolute atomic E-state index is 12.4. The van der Waals surface area contributed by atoms with E-state index in [9.17, 15) is 9.59 Å². The number of nitrogens with zero attached hydrogens (tertiary/aromatic N) is 2. The molecule has 1 N–H and O–H groups in total. The van der Waals surface area contributed by atoms with Gasteiger partial charge in [0.1, 0.15) is 8.48 Å². The smallest absolute Gasteiger partial charge is 0.416 e. The lowest BCUT2D eigenvalue weighted by atomic mass is 10.2. The molecule has 0 saturated carbocycles. The van der Waals surface area contributed by atoms with Gasteiger partial charge in [-0.05, 0) is 49.8 Å². The molecular formula is C14H19IN2O4S. The molecule has 0 radical (unpaired) electrons. The van der Waals surface area contributed by atoms with Crippen LogP contribution in [0.1, 0.15) is 34.1 Å². The van der Waals surface area contributed by atoms with Gasteiger partial charge in [0.2, 0.25) is 0 Å². The van der Waals surface area contributed by atoms with Crippen molar-refractivity contribution >= 4 is 51.8 Å². The highest BCUT2D eigenvalue weighted by Gasteiger charge is 2.26. The van der Waals surface area contributed by atoms with Gasteiger partial charge in [-0.3, -0.25) is 4.90 Å². The van der Waals surface area contributed by atoms with Gasteiger partial charge in [0.15, 0.2) is 5.82 Å². The molecule has 0 atom stereocenters. The van der Waals surface area contributed by atoms with Crippen LogP contribution >= 0.6 is 33.9 Å². The molecule has 8 heteroatoms. The van der Waals surface area contributed by atoms with Gasteiger partial charge in [-0.15, -0.1) is 11.3 Å². The molecule has 0 fully saturated rings. The van der Waals surface area contributed by atoms with E-state index in [4.69, 9.17) is 9.84 Å². The van der Waals surface area contributed by atoms with Gasteiger partial charge >= 0.3 is 12.1 Å². The summed E-state index contributed by atoms with van der Waals surface area (Å²) in [7, 11) is 0. The van der Waals surface area contributed by atoms with Crippen molar-refractivity contribution in [2.24, 2.45) is 0 Å². The predicted octanol–water partition coefficient (Wildman–Crippen LogP) is 3.91. The monoisotopic (exact) mass is 438 g/mol. The van der Waals surface area contributed by atoms with E-state index < -0.39 is 17.7 Å². The summed E-state index contributed by atoms with van der Waals surface area (Å²) in [6.45, 7) is 7.19. The van der Waals surface area contributed by atoms with Crippen LogP contribution in [0, 0.1) is 2.88 Å². The maximum atomic E-state index is 12.4. The summed E-state index contributed by atoms with van der Waals surface area (Å²) in [6.07, 6.45) is 1.35. The Kier molecular flexibility index (Phi) is 6.79. The first-order valence-corrected chi connectivity index (χ1v) is 8.63. The Labute approximate surface area is 147 Å². The van der Waals surface area contributed by atoms with Crippen LogP contribution in [-0.4, -0.2) is 34.3 Å².